The molecule has 3 rings (SSSR count). The average Bonchev–Trinajstić information content (AvgIpc) is 2.66. The second kappa shape index (κ2) is 8.10. The number of hydrogen-bond donors (Lipinski definition) is 1. The predicted octanol–water partition coefficient (Wildman–Crippen LogP) is 2.41. The molecule has 0 radical (unpaired) electrons. The third-order valence-electron chi connectivity index (χ3n) is 4.20. The van der Waals surface area contributed by atoms with Gasteiger partial charge >= 0.3 is 0 Å². The van der Waals surface area contributed by atoms with Gasteiger partial charge in [0.2, 0.25) is 0 Å². The maximum absolute atomic E-state index is 12.5. The van der Waals surface area contributed by atoms with Crippen LogP contribution in [0.2, 0.25) is 5.02 Å². The number of phenols is 1. The lowest BCUT2D eigenvalue weighted by molar-refractivity contribution is -0.134. The number of hydrogen-bond acceptors (Lipinski definition) is 4. The molecule has 0 atom stereocenters. The maximum atomic E-state index is 12.5. The van der Waals surface area contributed by atoms with Gasteiger partial charge in [-0.2, -0.15) is 0 Å². The number of nitrogens with zero attached hydrogens (tertiary/aromatic N) is 2. The van der Waals surface area contributed by atoms with Crippen LogP contribution in [0.1, 0.15) is 10.4 Å². The monoisotopic (exact) mass is 374 g/mol. The van der Waals surface area contributed by atoms with Crippen molar-refractivity contribution >= 4 is 23.4 Å². The molecule has 6 nitrogen and oxygen atoms in total. The van der Waals surface area contributed by atoms with E-state index in [2.05, 4.69) is 0 Å². The summed E-state index contributed by atoms with van der Waals surface area (Å²) < 4.78 is 5.41. The van der Waals surface area contributed by atoms with E-state index in [-0.39, 0.29) is 24.2 Å². The highest BCUT2D eigenvalue weighted by Gasteiger charge is 2.25. The zero-order valence-corrected chi connectivity index (χ0v) is 14.9. The number of rotatable bonds is 4. The van der Waals surface area contributed by atoms with Crippen molar-refractivity contribution in [3.63, 3.8) is 0 Å². The molecule has 2 aromatic rings. The van der Waals surface area contributed by atoms with Gasteiger partial charge in [0.25, 0.3) is 11.8 Å². The smallest absolute Gasteiger partial charge is 0.260 e. The van der Waals surface area contributed by atoms with E-state index in [0.29, 0.717) is 42.5 Å². The van der Waals surface area contributed by atoms with Crippen LogP contribution in [0.4, 0.5) is 0 Å². The quantitative estimate of drug-likeness (QED) is 0.892. The van der Waals surface area contributed by atoms with Gasteiger partial charge in [0.15, 0.2) is 6.61 Å². The van der Waals surface area contributed by atoms with Crippen molar-refractivity contribution in [3.05, 3.63) is 59.1 Å². The number of carbonyl (C=O) groups excluding carboxylic acids is 2. The molecule has 136 valence electrons. The molecule has 1 heterocycles. The summed E-state index contributed by atoms with van der Waals surface area (Å²) in [4.78, 5) is 28.2. The molecule has 7 heteroatoms. The molecular weight excluding hydrogens is 356 g/mol. The molecule has 26 heavy (non-hydrogen) atoms. The van der Waals surface area contributed by atoms with Crippen molar-refractivity contribution in [3.8, 4) is 11.5 Å². The predicted molar refractivity (Wildman–Crippen MR) is 97.5 cm³/mol. The van der Waals surface area contributed by atoms with Gasteiger partial charge in [-0.15, -0.1) is 0 Å². The summed E-state index contributed by atoms with van der Waals surface area (Å²) in [6.07, 6.45) is 0. The summed E-state index contributed by atoms with van der Waals surface area (Å²) in [6, 6.07) is 13.2. The third-order valence-corrected chi connectivity index (χ3v) is 4.53. The molecule has 0 saturated carbocycles. The summed E-state index contributed by atoms with van der Waals surface area (Å²) in [6.45, 7) is 1.67. The van der Waals surface area contributed by atoms with Gasteiger partial charge in [0, 0.05) is 32.2 Å². The van der Waals surface area contributed by atoms with Crippen molar-refractivity contribution < 1.29 is 19.4 Å². The number of piperazine rings is 1. The molecule has 0 aliphatic carbocycles. The van der Waals surface area contributed by atoms with Gasteiger partial charge < -0.3 is 19.6 Å². The van der Waals surface area contributed by atoms with E-state index in [4.69, 9.17) is 16.3 Å². The fraction of sp³-hybridized carbons (Fsp3) is 0.263. The molecule has 2 aromatic carbocycles. The summed E-state index contributed by atoms with van der Waals surface area (Å²) in [5, 5.41) is 9.83. The highest BCUT2D eigenvalue weighted by molar-refractivity contribution is 6.33. The molecule has 1 fully saturated rings. The van der Waals surface area contributed by atoms with Crippen molar-refractivity contribution in [2.45, 2.75) is 0 Å². The molecule has 0 aromatic heterocycles. The van der Waals surface area contributed by atoms with Crippen LogP contribution in [-0.4, -0.2) is 59.5 Å². The first kappa shape index (κ1) is 18.1. The van der Waals surface area contributed by atoms with Crippen LogP contribution in [0.25, 0.3) is 0 Å². The Morgan fingerprint density at radius 2 is 1.69 bits per heavy atom. The number of phenolic OH excluding ortho intramolecular Hbond substituents is 1. The fourth-order valence-electron chi connectivity index (χ4n) is 2.77. The summed E-state index contributed by atoms with van der Waals surface area (Å²) in [5.74, 6) is 0.240. The largest absolute Gasteiger partial charge is 0.508 e. The second-order valence-electron chi connectivity index (χ2n) is 5.94. The second-order valence-corrected chi connectivity index (χ2v) is 6.35. The lowest BCUT2D eigenvalue weighted by atomic mass is 10.2. The van der Waals surface area contributed by atoms with E-state index in [1.165, 1.54) is 12.1 Å². The van der Waals surface area contributed by atoms with E-state index < -0.39 is 0 Å². The van der Waals surface area contributed by atoms with Crippen LogP contribution in [0.15, 0.2) is 48.5 Å². The van der Waals surface area contributed by atoms with Crippen LogP contribution in [-0.2, 0) is 4.79 Å². The Morgan fingerprint density at radius 3 is 2.38 bits per heavy atom. The molecule has 1 aliphatic heterocycles. The SMILES string of the molecule is O=C(COc1cccc(O)c1)N1CCN(C(=O)c2ccccc2Cl)CC1. The molecule has 1 N–H and O–H groups in total. The van der Waals surface area contributed by atoms with E-state index >= 15 is 0 Å². The molecule has 1 aliphatic rings. The highest BCUT2D eigenvalue weighted by Crippen LogP contribution is 2.19. The number of halogens is 1. The van der Waals surface area contributed by atoms with Crippen LogP contribution in [0.3, 0.4) is 0 Å². The van der Waals surface area contributed by atoms with Crippen molar-refractivity contribution in [1.82, 2.24) is 9.80 Å². The number of aromatic hydroxyl groups is 1. The first-order chi connectivity index (χ1) is 12.5. The lowest BCUT2D eigenvalue weighted by Crippen LogP contribution is -2.51. The minimum absolute atomic E-state index is 0.0849. The van der Waals surface area contributed by atoms with Crippen LogP contribution < -0.4 is 4.74 Å². The first-order valence-electron chi connectivity index (χ1n) is 8.28. The topological polar surface area (TPSA) is 70.1 Å². The standard InChI is InChI=1S/C19H19ClN2O4/c20-17-7-2-1-6-16(17)19(25)22-10-8-21(9-11-22)18(24)13-26-15-5-3-4-14(23)12-15/h1-7,12,23H,8-11,13H2. The Bertz CT molecular complexity index is 804. The van der Waals surface area contributed by atoms with Gasteiger partial charge in [-0.1, -0.05) is 29.8 Å². The van der Waals surface area contributed by atoms with Crippen LogP contribution in [0, 0.1) is 0 Å². The molecule has 2 amide bonds. The number of ether oxygens (including phenoxy) is 1. The minimum Gasteiger partial charge on any atom is -0.508 e. The molecule has 0 spiro atoms. The zero-order valence-electron chi connectivity index (χ0n) is 14.1. The average molecular weight is 375 g/mol. The fourth-order valence-corrected chi connectivity index (χ4v) is 2.99. The number of benzene rings is 2. The summed E-state index contributed by atoms with van der Waals surface area (Å²) in [7, 11) is 0. The molecule has 0 unspecified atom stereocenters. The van der Waals surface area contributed by atoms with Gasteiger partial charge in [-0.3, -0.25) is 9.59 Å². The summed E-state index contributed by atoms with van der Waals surface area (Å²) >= 11 is 6.08. The molecule has 1 saturated heterocycles. The highest BCUT2D eigenvalue weighted by atomic mass is 35.5. The Balaban J connectivity index is 1.51. The zero-order chi connectivity index (χ0) is 18.5. The molecular formula is C19H19ClN2O4. The van der Waals surface area contributed by atoms with Crippen LogP contribution >= 0.6 is 11.6 Å². The lowest BCUT2D eigenvalue weighted by Gasteiger charge is -2.34. The number of amides is 2. The van der Waals surface area contributed by atoms with Gasteiger partial charge in [0.1, 0.15) is 11.5 Å². The van der Waals surface area contributed by atoms with Crippen molar-refractivity contribution in [2.24, 2.45) is 0 Å². The van der Waals surface area contributed by atoms with Gasteiger partial charge in [-0.05, 0) is 24.3 Å². The van der Waals surface area contributed by atoms with E-state index in [9.17, 15) is 14.7 Å². The normalized spacial score (nSPS) is 14.2. The number of carbonyl (C=O) groups is 2. The first-order valence-corrected chi connectivity index (χ1v) is 8.66. The Hall–Kier alpha value is -2.73. The van der Waals surface area contributed by atoms with Crippen LogP contribution in [0.5, 0.6) is 11.5 Å². The van der Waals surface area contributed by atoms with Gasteiger partial charge in [-0.25, -0.2) is 0 Å². The Morgan fingerprint density at radius 1 is 1.00 bits per heavy atom. The van der Waals surface area contributed by atoms with Gasteiger partial charge in [0.05, 0.1) is 10.6 Å². The van der Waals surface area contributed by atoms with Crippen molar-refractivity contribution in [2.75, 3.05) is 32.8 Å². The minimum atomic E-state index is -0.154. The molecule has 0 bridgehead atoms. The van der Waals surface area contributed by atoms with E-state index in [0.717, 1.165) is 0 Å². The van der Waals surface area contributed by atoms with E-state index in [1.54, 1.807) is 46.2 Å². The summed E-state index contributed by atoms with van der Waals surface area (Å²) in [5.41, 5.74) is 0.473. The Kier molecular flexibility index (Phi) is 5.63. The van der Waals surface area contributed by atoms with Crippen molar-refractivity contribution in [1.29, 1.82) is 0 Å². The Labute approximate surface area is 156 Å². The third kappa shape index (κ3) is 4.26. The maximum Gasteiger partial charge on any atom is 0.260 e. The van der Waals surface area contributed by atoms with E-state index in [1.807, 2.05) is 0 Å².